The third-order valence-corrected chi connectivity index (χ3v) is 5.07. The minimum absolute atomic E-state index is 0.00155. The fourth-order valence-corrected chi connectivity index (χ4v) is 3.40. The lowest BCUT2D eigenvalue weighted by Crippen LogP contribution is -2.44. The molecule has 2 fully saturated rings. The van der Waals surface area contributed by atoms with Crippen LogP contribution in [0.3, 0.4) is 0 Å². The molecule has 10 heteroatoms. The van der Waals surface area contributed by atoms with Crippen LogP contribution in [-0.2, 0) is 16.6 Å². The Morgan fingerprint density at radius 2 is 2.13 bits per heavy atom. The van der Waals surface area contributed by atoms with E-state index in [9.17, 15) is 18.0 Å². The zero-order chi connectivity index (χ0) is 16.6. The number of amides is 4. The summed E-state index contributed by atoms with van der Waals surface area (Å²) in [6, 6.07) is -1.37. The summed E-state index contributed by atoms with van der Waals surface area (Å²) in [6.45, 7) is 0.974. The lowest BCUT2D eigenvalue weighted by molar-refractivity contribution is 0.193. The first-order chi connectivity index (χ1) is 10.9. The number of aromatic nitrogens is 2. The van der Waals surface area contributed by atoms with Gasteiger partial charge in [-0.3, -0.25) is 0 Å². The molecule has 1 aromatic rings. The average Bonchev–Trinajstić information content (AvgIpc) is 3.07. The molecular formula is C13H19N5O4S. The molecule has 0 radical (unpaired) electrons. The number of imide groups is 1. The van der Waals surface area contributed by atoms with Crippen LogP contribution in [0.5, 0.6) is 0 Å². The van der Waals surface area contributed by atoms with Crippen LogP contribution >= 0.6 is 0 Å². The van der Waals surface area contributed by atoms with E-state index in [-0.39, 0.29) is 13.1 Å². The second kappa shape index (κ2) is 5.84. The first-order valence-corrected chi connectivity index (χ1v) is 9.31. The van der Waals surface area contributed by atoms with Gasteiger partial charge in [-0.25, -0.2) is 32.2 Å². The number of hydrogen-bond donors (Lipinski definition) is 1. The summed E-state index contributed by atoms with van der Waals surface area (Å²) < 4.78 is 25.5. The van der Waals surface area contributed by atoms with Crippen molar-refractivity contribution in [1.29, 1.82) is 0 Å². The fraction of sp³-hybridized carbons (Fsp3) is 0.615. The van der Waals surface area contributed by atoms with Crippen LogP contribution in [0.15, 0.2) is 12.4 Å². The van der Waals surface area contributed by atoms with E-state index >= 15 is 0 Å². The second-order valence-corrected chi connectivity index (χ2v) is 7.66. The molecule has 2 heterocycles. The van der Waals surface area contributed by atoms with Gasteiger partial charge in [0.1, 0.15) is 5.82 Å². The summed E-state index contributed by atoms with van der Waals surface area (Å²) >= 11 is 0. The zero-order valence-corrected chi connectivity index (χ0v) is 13.6. The van der Waals surface area contributed by atoms with Crippen molar-refractivity contribution < 1.29 is 18.0 Å². The van der Waals surface area contributed by atoms with Gasteiger partial charge in [0.15, 0.2) is 0 Å². The van der Waals surface area contributed by atoms with Crippen molar-refractivity contribution in [3.63, 3.8) is 0 Å². The predicted molar refractivity (Wildman–Crippen MR) is 81.3 cm³/mol. The van der Waals surface area contributed by atoms with Crippen LogP contribution < -0.4 is 5.32 Å². The van der Waals surface area contributed by atoms with E-state index in [1.807, 2.05) is 10.8 Å². The number of sulfonamides is 1. The summed E-state index contributed by atoms with van der Waals surface area (Å²) in [5, 5.41) is 2.65. The van der Waals surface area contributed by atoms with Crippen molar-refractivity contribution in [2.45, 2.75) is 25.3 Å². The molecule has 23 heavy (non-hydrogen) atoms. The van der Waals surface area contributed by atoms with Crippen LogP contribution in [0.1, 0.15) is 24.6 Å². The summed E-state index contributed by atoms with van der Waals surface area (Å²) in [5.74, 6) is 1.55. The number of urea groups is 2. The van der Waals surface area contributed by atoms with Crippen LogP contribution in [-0.4, -0.2) is 65.1 Å². The Labute approximate surface area is 134 Å². The Morgan fingerprint density at radius 3 is 2.74 bits per heavy atom. The highest BCUT2D eigenvalue weighted by molar-refractivity contribution is 7.88. The molecule has 1 aliphatic heterocycles. The molecule has 0 bridgehead atoms. The lowest BCUT2D eigenvalue weighted by Gasteiger charge is -2.16. The number of carbonyl (C=O) groups is 2. The highest BCUT2D eigenvalue weighted by atomic mass is 32.2. The Bertz CT molecular complexity index is 724. The third kappa shape index (κ3) is 3.31. The third-order valence-electron chi connectivity index (χ3n) is 3.94. The van der Waals surface area contributed by atoms with E-state index in [1.165, 1.54) is 0 Å². The molecule has 0 spiro atoms. The van der Waals surface area contributed by atoms with E-state index in [2.05, 4.69) is 10.3 Å². The maximum absolute atomic E-state index is 12.0. The Kier molecular flexibility index (Phi) is 4.00. The summed E-state index contributed by atoms with van der Waals surface area (Å²) in [6.07, 6.45) is 6.85. The molecule has 1 N–H and O–H groups in total. The number of nitrogens with zero attached hydrogens (tertiary/aromatic N) is 4. The fourth-order valence-electron chi connectivity index (χ4n) is 2.60. The van der Waals surface area contributed by atoms with Gasteiger partial charge in [0, 0.05) is 31.4 Å². The van der Waals surface area contributed by atoms with Crippen molar-refractivity contribution in [3.8, 4) is 0 Å². The molecule has 3 rings (SSSR count). The quantitative estimate of drug-likeness (QED) is 0.822. The molecule has 0 atom stereocenters. The van der Waals surface area contributed by atoms with Gasteiger partial charge in [0.2, 0.25) is 10.0 Å². The smallest absolute Gasteiger partial charge is 0.336 e. The Balaban J connectivity index is 1.52. The van der Waals surface area contributed by atoms with E-state index in [1.54, 1.807) is 6.20 Å². The Morgan fingerprint density at radius 1 is 1.39 bits per heavy atom. The minimum atomic E-state index is -3.63. The van der Waals surface area contributed by atoms with Gasteiger partial charge < -0.3 is 9.88 Å². The number of nitrogens with one attached hydrogen (secondary N) is 1. The molecule has 4 amide bonds. The monoisotopic (exact) mass is 341 g/mol. The first-order valence-electron chi connectivity index (χ1n) is 7.46. The molecule has 2 aliphatic rings. The van der Waals surface area contributed by atoms with E-state index in [4.69, 9.17) is 0 Å². The van der Waals surface area contributed by atoms with E-state index in [0.29, 0.717) is 23.3 Å². The van der Waals surface area contributed by atoms with Crippen LogP contribution in [0.2, 0.25) is 0 Å². The van der Waals surface area contributed by atoms with Crippen LogP contribution in [0.25, 0.3) is 0 Å². The molecule has 1 aliphatic carbocycles. The molecule has 1 saturated carbocycles. The van der Waals surface area contributed by atoms with Crippen molar-refractivity contribution in [3.05, 3.63) is 18.2 Å². The summed E-state index contributed by atoms with van der Waals surface area (Å²) in [5.41, 5.74) is 0. The predicted octanol–water partition coefficient (Wildman–Crippen LogP) is 0.167. The average molecular weight is 341 g/mol. The molecule has 1 saturated heterocycles. The van der Waals surface area contributed by atoms with Crippen molar-refractivity contribution >= 4 is 22.1 Å². The van der Waals surface area contributed by atoms with Crippen LogP contribution in [0, 0.1) is 0 Å². The van der Waals surface area contributed by atoms with Gasteiger partial charge in [0.05, 0.1) is 19.3 Å². The minimum Gasteiger partial charge on any atom is -0.336 e. The summed E-state index contributed by atoms with van der Waals surface area (Å²) in [7, 11) is -3.63. The number of rotatable bonds is 5. The maximum atomic E-state index is 12.0. The van der Waals surface area contributed by atoms with Gasteiger partial charge in [-0.1, -0.05) is 0 Å². The molecule has 1 aromatic heterocycles. The van der Waals surface area contributed by atoms with Crippen molar-refractivity contribution in [2.75, 3.05) is 25.9 Å². The number of imidazole rings is 1. The van der Waals surface area contributed by atoms with E-state index in [0.717, 1.165) is 29.8 Å². The first kappa shape index (κ1) is 15.8. The summed E-state index contributed by atoms with van der Waals surface area (Å²) in [4.78, 5) is 29.2. The standard InChI is InChI=1S/C13H19N5O4S/c1-23(21,22)18-9-8-17(13(18)20)12(19)15-5-7-16-6-4-14-11(16)10-2-3-10/h4,6,10H,2-3,5,7-9H2,1H3,(H,15,19). The molecule has 9 nitrogen and oxygen atoms in total. The topological polar surface area (TPSA) is 105 Å². The van der Waals surface area contributed by atoms with Crippen molar-refractivity contribution in [1.82, 2.24) is 24.1 Å². The Hall–Kier alpha value is -2.10. The second-order valence-electron chi connectivity index (χ2n) is 5.75. The van der Waals surface area contributed by atoms with E-state index < -0.39 is 22.1 Å². The zero-order valence-electron chi connectivity index (χ0n) is 12.8. The normalized spacial score (nSPS) is 18.6. The molecule has 126 valence electrons. The largest absolute Gasteiger partial charge is 0.341 e. The number of carbonyl (C=O) groups excluding carboxylic acids is 2. The lowest BCUT2D eigenvalue weighted by atomic mass is 10.4. The highest BCUT2D eigenvalue weighted by Crippen LogP contribution is 2.38. The van der Waals surface area contributed by atoms with Gasteiger partial charge >= 0.3 is 12.1 Å². The molecule has 0 unspecified atom stereocenters. The SMILES string of the molecule is CS(=O)(=O)N1CCN(C(=O)NCCn2ccnc2C2CC2)C1=O. The highest BCUT2D eigenvalue weighted by Gasteiger charge is 2.38. The van der Waals surface area contributed by atoms with Gasteiger partial charge in [-0.2, -0.15) is 0 Å². The van der Waals surface area contributed by atoms with Crippen LogP contribution in [0.4, 0.5) is 9.59 Å². The van der Waals surface area contributed by atoms with Gasteiger partial charge in [-0.05, 0) is 12.8 Å². The van der Waals surface area contributed by atoms with Crippen molar-refractivity contribution in [2.24, 2.45) is 0 Å². The van der Waals surface area contributed by atoms with Gasteiger partial charge in [-0.15, -0.1) is 0 Å². The molecular weight excluding hydrogens is 322 g/mol. The molecule has 0 aromatic carbocycles. The maximum Gasteiger partial charge on any atom is 0.341 e. The van der Waals surface area contributed by atoms with Gasteiger partial charge in [0.25, 0.3) is 0 Å². The number of hydrogen-bond acceptors (Lipinski definition) is 5.